The average Bonchev–Trinajstić information content (AvgIpc) is 3.10. The first-order valence-corrected chi connectivity index (χ1v) is 12.6. The van der Waals surface area contributed by atoms with E-state index in [9.17, 15) is 14.3 Å². The van der Waals surface area contributed by atoms with Gasteiger partial charge in [-0.1, -0.05) is 32.6 Å². The van der Waals surface area contributed by atoms with Gasteiger partial charge in [-0.3, -0.25) is 9.69 Å². The van der Waals surface area contributed by atoms with Gasteiger partial charge in [0, 0.05) is 19.0 Å². The van der Waals surface area contributed by atoms with E-state index in [2.05, 4.69) is 11.8 Å². The summed E-state index contributed by atoms with van der Waals surface area (Å²) >= 11 is 0. The molecular formula is C25H42FNO3. The van der Waals surface area contributed by atoms with Gasteiger partial charge in [-0.25, -0.2) is 4.39 Å². The number of carbonyl (C=O) groups excluding carboxylic acids is 1. The molecule has 6 unspecified atom stereocenters. The summed E-state index contributed by atoms with van der Waals surface area (Å²) in [5.41, 5.74) is -0.922. The second-order valence-electron chi connectivity index (χ2n) is 11.1. The Kier molecular flexibility index (Phi) is 7.21. The minimum absolute atomic E-state index is 0.161. The van der Waals surface area contributed by atoms with E-state index >= 15 is 0 Å². The van der Waals surface area contributed by atoms with Gasteiger partial charge in [0.25, 0.3) is 0 Å². The molecule has 4 nitrogen and oxygen atoms in total. The fraction of sp³-hybridized carbons (Fsp3) is 0.960. The van der Waals surface area contributed by atoms with Crippen LogP contribution in [0.25, 0.3) is 0 Å². The molecule has 30 heavy (non-hydrogen) atoms. The molecule has 4 rings (SSSR count). The zero-order valence-electron chi connectivity index (χ0n) is 18.9. The molecule has 1 saturated heterocycles. The summed E-state index contributed by atoms with van der Waals surface area (Å²) in [5, 5.41) is 10.5. The molecule has 5 heteroatoms. The van der Waals surface area contributed by atoms with E-state index in [1.54, 1.807) is 0 Å². The number of hydrogen-bond donors (Lipinski definition) is 1. The Morgan fingerprint density at radius 2 is 1.80 bits per heavy atom. The number of nitrogens with zero attached hydrogens (tertiary/aromatic N) is 1. The number of hydrogen-bond acceptors (Lipinski definition) is 4. The Morgan fingerprint density at radius 1 is 1.03 bits per heavy atom. The predicted octanol–water partition coefficient (Wildman–Crippen LogP) is 4.39. The number of fused-ring (bicyclic) bond motifs is 3. The van der Waals surface area contributed by atoms with E-state index < -0.39 is 12.3 Å². The first-order valence-electron chi connectivity index (χ1n) is 12.6. The molecule has 172 valence electrons. The molecule has 1 N–H and O–H groups in total. The molecule has 3 aliphatic carbocycles. The van der Waals surface area contributed by atoms with Crippen LogP contribution < -0.4 is 0 Å². The summed E-state index contributed by atoms with van der Waals surface area (Å²) in [6.07, 6.45) is 11.1. The lowest BCUT2D eigenvalue weighted by Crippen LogP contribution is -2.47. The topological polar surface area (TPSA) is 49.8 Å². The quantitative estimate of drug-likeness (QED) is 0.729. The summed E-state index contributed by atoms with van der Waals surface area (Å²) in [5.74, 6) is 2.75. The van der Waals surface area contributed by atoms with Crippen molar-refractivity contribution in [3.05, 3.63) is 0 Å². The molecule has 1 heterocycles. The van der Waals surface area contributed by atoms with E-state index in [0.29, 0.717) is 42.9 Å². The third-order valence-electron chi connectivity index (χ3n) is 9.35. The molecule has 3 saturated carbocycles. The van der Waals surface area contributed by atoms with Crippen molar-refractivity contribution < 1.29 is 19.0 Å². The molecule has 0 radical (unpaired) electrons. The number of carbonyl (C=O) groups is 1. The van der Waals surface area contributed by atoms with E-state index in [4.69, 9.17) is 4.74 Å². The first kappa shape index (κ1) is 22.7. The molecule has 6 atom stereocenters. The molecule has 4 aliphatic rings. The van der Waals surface area contributed by atoms with Gasteiger partial charge in [0.1, 0.15) is 12.5 Å². The Bertz CT molecular complexity index is 595. The maximum absolute atomic E-state index is 13.4. The number of Topliss-reactive ketones (excluding diaryl/α,β-unsaturated/α-hetero) is 1. The van der Waals surface area contributed by atoms with E-state index in [1.165, 1.54) is 19.3 Å². The third kappa shape index (κ3) is 4.63. The van der Waals surface area contributed by atoms with Gasteiger partial charge in [-0.15, -0.1) is 0 Å². The highest BCUT2D eigenvalue weighted by molar-refractivity contribution is 5.84. The van der Waals surface area contributed by atoms with E-state index in [0.717, 1.165) is 64.8 Å². The Hall–Kier alpha value is -0.520. The summed E-state index contributed by atoms with van der Waals surface area (Å²) in [7, 11) is 0. The van der Waals surface area contributed by atoms with Crippen molar-refractivity contribution in [2.45, 2.75) is 83.2 Å². The molecule has 0 aromatic rings. The maximum Gasteiger partial charge on any atom is 0.150 e. The molecule has 4 fully saturated rings. The standard InChI is InChI=1S/C25H42FNO3/c1-24-12-9-19-5-4-11-25(29,18-26)10-3-2-6-20(19)21(24)7-8-22(24)23(28)17-27-13-15-30-16-14-27/h19-22,29H,2-18H2,1H3. The first-order chi connectivity index (χ1) is 14.5. The summed E-state index contributed by atoms with van der Waals surface area (Å²) < 4.78 is 18.8. The number of rotatable bonds is 4. The predicted molar refractivity (Wildman–Crippen MR) is 116 cm³/mol. The Balaban J connectivity index is 1.41. The highest BCUT2D eigenvalue weighted by Gasteiger charge is 2.55. The second-order valence-corrected chi connectivity index (χ2v) is 11.1. The molecule has 0 spiro atoms. The van der Waals surface area contributed by atoms with Crippen molar-refractivity contribution in [3.63, 3.8) is 0 Å². The van der Waals surface area contributed by atoms with Crippen LogP contribution in [0.3, 0.4) is 0 Å². The van der Waals surface area contributed by atoms with Crippen LogP contribution in [0.4, 0.5) is 4.39 Å². The van der Waals surface area contributed by atoms with E-state index in [-0.39, 0.29) is 11.3 Å². The van der Waals surface area contributed by atoms with Crippen LogP contribution in [0.2, 0.25) is 0 Å². The number of morpholine rings is 1. The number of alkyl halides is 1. The normalized spacial score (nSPS) is 43.6. The molecule has 0 aromatic heterocycles. The number of aliphatic hydroxyl groups is 1. The largest absolute Gasteiger partial charge is 0.387 e. The van der Waals surface area contributed by atoms with Crippen molar-refractivity contribution >= 4 is 5.78 Å². The highest BCUT2D eigenvalue weighted by atomic mass is 19.1. The number of halogens is 1. The van der Waals surface area contributed by atoms with Crippen molar-refractivity contribution in [1.82, 2.24) is 4.90 Å². The second kappa shape index (κ2) is 9.54. The summed E-state index contributed by atoms with van der Waals surface area (Å²) in [6, 6.07) is 0. The Labute approximate surface area is 181 Å². The molecule has 1 aliphatic heterocycles. The van der Waals surface area contributed by atoms with Crippen LogP contribution in [-0.2, 0) is 9.53 Å². The van der Waals surface area contributed by atoms with Crippen molar-refractivity contribution in [1.29, 1.82) is 0 Å². The van der Waals surface area contributed by atoms with Gasteiger partial charge in [-0.05, 0) is 68.1 Å². The highest BCUT2D eigenvalue weighted by Crippen LogP contribution is 2.61. The van der Waals surface area contributed by atoms with Gasteiger partial charge in [0.2, 0.25) is 0 Å². The van der Waals surface area contributed by atoms with Crippen LogP contribution in [0, 0.1) is 29.1 Å². The lowest BCUT2D eigenvalue weighted by Gasteiger charge is -2.49. The monoisotopic (exact) mass is 423 g/mol. The lowest BCUT2D eigenvalue weighted by molar-refractivity contribution is -0.130. The molecule has 0 bridgehead atoms. The van der Waals surface area contributed by atoms with Crippen LogP contribution in [0.5, 0.6) is 0 Å². The smallest absolute Gasteiger partial charge is 0.150 e. The van der Waals surface area contributed by atoms with Gasteiger partial charge >= 0.3 is 0 Å². The van der Waals surface area contributed by atoms with Crippen molar-refractivity contribution in [2.24, 2.45) is 29.1 Å². The lowest BCUT2D eigenvalue weighted by atomic mass is 9.55. The average molecular weight is 424 g/mol. The molecule has 0 amide bonds. The van der Waals surface area contributed by atoms with Crippen LogP contribution >= 0.6 is 0 Å². The van der Waals surface area contributed by atoms with Gasteiger partial charge < -0.3 is 9.84 Å². The van der Waals surface area contributed by atoms with Crippen LogP contribution in [0.15, 0.2) is 0 Å². The fourth-order valence-electron chi connectivity index (χ4n) is 7.57. The van der Waals surface area contributed by atoms with Crippen LogP contribution in [0.1, 0.15) is 77.6 Å². The molecule has 0 aromatic carbocycles. The van der Waals surface area contributed by atoms with Crippen molar-refractivity contribution in [3.8, 4) is 0 Å². The van der Waals surface area contributed by atoms with Gasteiger partial charge in [0.05, 0.1) is 25.4 Å². The number of ketones is 1. The minimum Gasteiger partial charge on any atom is -0.387 e. The van der Waals surface area contributed by atoms with E-state index in [1.807, 2.05) is 0 Å². The summed E-state index contributed by atoms with van der Waals surface area (Å²) in [6.45, 7) is 5.69. The van der Waals surface area contributed by atoms with Crippen molar-refractivity contribution in [2.75, 3.05) is 39.5 Å². The summed E-state index contributed by atoms with van der Waals surface area (Å²) in [4.78, 5) is 15.6. The fourth-order valence-corrected chi connectivity index (χ4v) is 7.57. The van der Waals surface area contributed by atoms with Gasteiger partial charge in [0.15, 0.2) is 0 Å². The van der Waals surface area contributed by atoms with Crippen LogP contribution in [-0.4, -0.2) is 60.9 Å². The molecular weight excluding hydrogens is 381 g/mol. The van der Waals surface area contributed by atoms with Gasteiger partial charge in [-0.2, -0.15) is 0 Å². The minimum atomic E-state index is -1.08. The number of ether oxygens (including phenoxy) is 1. The maximum atomic E-state index is 13.4. The third-order valence-corrected chi connectivity index (χ3v) is 9.35. The zero-order valence-corrected chi connectivity index (χ0v) is 18.9. The SMILES string of the molecule is CC12CCC3CCCC(O)(CF)CCCCC3C1CCC2C(=O)CN1CCOCC1. The Morgan fingerprint density at radius 3 is 2.57 bits per heavy atom. The zero-order chi connectivity index (χ0) is 21.2.